The molecule has 4 atom stereocenters. The Labute approximate surface area is 160 Å². The molecule has 4 rings (SSSR count). The molecule has 2 amide bonds. The van der Waals surface area contributed by atoms with Crippen molar-refractivity contribution in [3.05, 3.63) is 71.8 Å². The van der Waals surface area contributed by atoms with Crippen LogP contribution in [-0.4, -0.2) is 22.8 Å². The molecule has 0 radical (unpaired) electrons. The molecule has 4 heteroatoms. The molecule has 1 heterocycles. The molecular weight excluding hydrogens is 336 g/mol. The van der Waals surface area contributed by atoms with E-state index in [0.717, 1.165) is 12.0 Å². The molecule has 140 valence electrons. The second kappa shape index (κ2) is 7.18. The molecule has 1 aliphatic carbocycles. The van der Waals surface area contributed by atoms with Crippen LogP contribution in [0.4, 0.5) is 0 Å². The summed E-state index contributed by atoms with van der Waals surface area (Å²) in [6.45, 7) is 4.19. The number of carbonyl (C=O) groups is 2. The summed E-state index contributed by atoms with van der Waals surface area (Å²) < 4.78 is 0. The first-order valence-electron chi connectivity index (χ1n) is 9.78. The lowest BCUT2D eigenvalue weighted by molar-refractivity contribution is -0.138. The maximum atomic E-state index is 13.4. The molecule has 0 bridgehead atoms. The zero-order valence-electron chi connectivity index (χ0n) is 15.8. The third-order valence-electron chi connectivity index (χ3n) is 5.60. The minimum atomic E-state index is -0.389. The summed E-state index contributed by atoms with van der Waals surface area (Å²) >= 11 is 0. The van der Waals surface area contributed by atoms with Crippen molar-refractivity contribution in [2.75, 3.05) is 0 Å². The molecule has 2 fully saturated rings. The summed E-state index contributed by atoms with van der Waals surface area (Å²) in [6, 6.07) is 19.6. The fourth-order valence-electron chi connectivity index (χ4n) is 4.16. The number of nitrogens with one attached hydrogen (secondary N) is 1. The lowest BCUT2D eigenvalue weighted by atomic mass is 10.0. The minimum Gasteiger partial charge on any atom is -0.330 e. The molecule has 1 saturated heterocycles. The van der Waals surface area contributed by atoms with Crippen LogP contribution in [0.1, 0.15) is 49.9 Å². The van der Waals surface area contributed by atoms with Crippen LogP contribution in [0.5, 0.6) is 0 Å². The van der Waals surface area contributed by atoms with Crippen molar-refractivity contribution in [3.63, 3.8) is 0 Å². The average Bonchev–Trinajstić information content (AvgIpc) is 3.42. The second-order valence-electron chi connectivity index (χ2n) is 8.07. The number of benzene rings is 2. The van der Waals surface area contributed by atoms with Crippen LogP contribution >= 0.6 is 0 Å². The van der Waals surface area contributed by atoms with E-state index >= 15 is 0 Å². The molecule has 2 aromatic rings. The summed E-state index contributed by atoms with van der Waals surface area (Å²) in [6.07, 6.45) is 1.18. The fraction of sp³-hybridized carbons (Fsp3) is 0.391. The van der Waals surface area contributed by atoms with Gasteiger partial charge in [0.25, 0.3) is 0 Å². The van der Waals surface area contributed by atoms with Gasteiger partial charge in [-0.15, -0.1) is 0 Å². The highest BCUT2D eigenvalue weighted by molar-refractivity contribution is 5.93. The first-order chi connectivity index (χ1) is 13.1. The number of hydrogen-bond acceptors (Lipinski definition) is 2. The van der Waals surface area contributed by atoms with E-state index in [1.165, 1.54) is 5.56 Å². The van der Waals surface area contributed by atoms with Crippen molar-refractivity contribution in [2.45, 2.75) is 44.8 Å². The zero-order valence-corrected chi connectivity index (χ0v) is 15.8. The highest BCUT2D eigenvalue weighted by Gasteiger charge is 2.52. The number of nitrogens with zero attached hydrogens (tertiary/aromatic N) is 1. The molecule has 1 aliphatic heterocycles. The van der Waals surface area contributed by atoms with Gasteiger partial charge in [0, 0.05) is 5.92 Å². The van der Waals surface area contributed by atoms with Crippen LogP contribution in [0, 0.1) is 11.8 Å². The predicted molar refractivity (Wildman–Crippen MR) is 105 cm³/mol. The Balaban J connectivity index is 1.61. The Hall–Kier alpha value is -2.62. The van der Waals surface area contributed by atoms with Crippen LogP contribution in [0.15, 0.2) is 60.7 Å². The molecule has 27 heavy (non-hydrogen) atoms. The first-order valence-corrected chi connectivity index (χ1v) is 9.78. The van der Waals surface area contributed by atoms with Crippen molar-refractivity contribution in [1.29, 1.82) is 0 Å². The Morgan fingerprint density at radius 2 is 1.63 bits per heavy atom. The lowest BCUT2D eigenvalue weighted by Crippen LogP contribution is -2.41. The molecule has 2 aromatic carbocycles. The van der Waals surface area contributed by atoms with Gasteiger partial charge >= 0.3 is 0 Å². The maximum absolute atomic E-state index is 13.4. The smallest absolute Gasteiger partial charge is 0.244 e. The zero-order chi connectivity index (χ0) is 19.0. The molecule has 1 saturated carbocycles. The molecule has 0 aromatic heterocycles. The Bertz CT molecular complexity index is 819. The quantitative estimate of drug-likeness (QED) is 0.878. The summed E-state index contributed by atoms with van der Waals surface area (Å²) in [7, 11) is 0. The van der Waals surface area contributed by atoms with Crippen molar-refractivity contribution in [2.24, 2.45) is 11.8 Å². The molecule has 0 spiro atoms. The van der Waals surface area contributed by atoms with E-state index in [-0.39, 0.29) is 35.9 Å². The van der Waals surface area contributed by atoms with E-state index in [0.29, 0.717) is 12.3 Å². The van der Waals surface area contributed by atoms with Crippen LogP contribution in [0.2, 0.25) is 0 Å². The molecule has 1 N–H and O–H groups in total. The van der Waals surface area contributed by atoms with Gasteiger partial charge in [-0.3, -0.25) is 9.59 Å². The van der Waals surface area contributed by atoms with Gasteiger partial charge in [-0.2, -0.15) is 0 Å². The number of carbonyl (C=O) groups excluding carboxylic acids is 2. The van der Waals surface area contributed by atoms with Gasteiger partial charge in [0.2, 0.25) is 11.8 Å². The van der Waals surface area contributed by atoms with Gasteiger partial charge < -0.3 is 10.2 Å². The molecular formula is C23H26N2O2. The van der Waals surface area contributed by atoms with Gasteiger partial charge in [0.05, 0.1) is 0 Å². The number of hydrogen-bond donors (Lipinski definition) is 1. The van der Waals surface area contributed by atoms with Crippen LogP contribution in [0.25, 0.3) is 0 Å². The monoisotopic (exact) mass is 362 g/mol. The van der Waals surface area contributed by atoms with Crippen LogP contribution in [0.3, 0.4) is 0 Å². The van der Waals surface area contributed by atoms with Crippen molar-refractivity contribution in [1.82, 2.24) is 10.2 Å². The van der Waals surface area contributed by atoms with Gasteiger partial charge in [0.1, 0.15) is 12.2 Å². The van der Waals surface area contributed by atoms with Crippen molar-refractivity contribution in [3.8, 4) is 0 Å². The standard InChI is InChI=1S/C23H26N2O2/c1-15(2)13-20-22(26)24-21(17-11-7-4-8-12-17)25(20)23(27)19-14-18(19)16-9-5-3-6-10-16/h3-12,15,18-21H,13-14H2,1-2H3,(H,24,26)/t18-,19+,20+,21+/m1/s1. The molecule has 2 aliphatic rings. The minimum absolute atomic E-state index is 0.0269. The van der Waals surface area contributed by atoms with Crippen LogP contribution in [-0.2, 0) is 9.59 Å². The predicted octanol–water partition coefficient (Wildman–Crippen LogP) is 3.86. The highest BCUT2D eigenvalue weighted by atomic mass is 16.2. The van der Waals surface area contributed by atoms with Gasteiger partial charge in [-0.05, 0) is 35.8 Å². The van der Waals surface area contributed by atoms with Gasteiger partial charge in [0.15, 0.2) is 0 Å². The van der Waals surface area contributed by atoms with Crippen LogP contribution < -0.4 is 5.32 Å². The van der Waals surface area contributed by atoms with Gasteiger partial charge in [-0.1, -0.05) is 74.5 Å². The summed E-state index contributed by atoms with van der Waals surface area (Å²) in [5, 5.41) is 3.06. The highest BCUT2D eigenvalue weighted by Crippen LogP contribution is 2.50. The largest absolute Gasteiger partial charge is 0.330 e. The summed E-state index contributed by atoms with van der Waals surface area (Å²) in [5.41, 5.74) is 2.17. The fourth-order valence-corrected chi connectivity index (χ4v) is 4.16. The Morgan fingerprint density at radius 3 is 2.22 bits per heavy atom. The van der Waals surface area contributed by atoms with Crippen molar-refractivity contribution >= 4 is 11.8 Å². The Kier molecular flexibility index (Phi) is 4.73. The van der Waals surface area contributed by atoms with E-state index in [2.05, 4.69) is 31.3 Å². The van der Waals surface area contributed by atoms with E-state index in [1.807, 2.05) is 53.4 Å². The summed E-state index contributed by atoms with van der Waals surface area (Å²) in [4.78, 5) is 28.0. The number of amides is 2. The van der Waals surface area contributed by atoms with E-state index in [4.69, 9.17) is 0 Å². The average molecular weight is 362 g/mol. The topological polar surface area (TPSA) is 49.4 Å². The van der Waals surface area contributed by atoms with Crippen molar-refractivity contribution < 1.29 is 9.59 Å². The summed E-state index contributed by atoms with van der Waals surface area (Å²) in [5.74, 6) is 0.644. The SMILES string of the molecule is CC(C)C[C@H]1C(=O)N[C@H](c2ccccc2)N1C(=O)[C@H]1C[C@@H]1c1ccccc1. The first kappa shape index (κ1) is 17.8. The molecule has 4 nitrogen and oxygen atoms in total. The second-order valence-corrected chi connectivity index (χ2v) is 8.07. The number of rotatable bonds is 5. The van der Waals surface area contributed by atoms with E-state index in [9.17, 15) is 9.59 Å². The maximum Gasteiger partial charge on any atom is 0.244 e. The third kappa shape index (κ3) is 3.48. The van der Waals surface area contributed by atoms with E-state index < -0.39 is 0 Å². The normalized spacial score (nSPS) is 26.9. The Morgan fingerprint density at radius 1 is 1.04 bits per heavy atom. The lowest BCUT2D eigenvalue weighted by Gasteiger charge is -2.29. The molecule has 0 unspecified atom stereocenters. The van der Waals surface area contributed by atoms with Gasteiger partial charge in [-0.25, -0.2) is 0 Å². The van der Waals surface area contributed by atoms with E-state index in [1.54, 1.807) is 0 Å². The third-order valence-corrected chi connectivity index (χ3v) is 5.60.